The molecule has 1 aliphatic carbocycles. The van der Waals surface area contributed by atoms with E-state index in [-0.39, 0.29) is 5.92 Å². The van der Waals surface area contributed by atoms with Crippen LogP contribution < -0.4 is 0 Å². The van der Waals surface area contributed by atoms with Crippen molar-refractivity contribution in [2.24, 2.45) is 5.11 Å². The largest absolute Gasteiger partial charge is 0.261 e. The van der Waals surface area contributed by atoms with Gasteiger partial charge in [0.1, 0.15) is 11.6 Å². The average Bonchev–Trinajstić information content (AvgIpc) is 2.67. The maximum Gasteiger partial charge on any atom is 0.126 e. The van der Waals surface area contributed by atoms with Crippen LogP contribution in [0.15, 0.2) is 41.6 Å². The molecule has 1 heterocycles. The van der Waals surface area contributed by atoms with E-state index < -0.39 is 17.7 Å². The lowest BCUT2D eigenvalue weighted by atomic mass is 9.86. The molecule has 1 aliphatic rings. The van der Waals surface area contributed by atoms with Crippen molar-refractivity contribution in [3.8, 4) is 0 Å². The summed E-state index contributed by atoms with van der Waals surface area (Å²) in [7, 11) is 0. The van der Waals surface area contributed by atoms with Crippen molar-refractivity contribution in [3.05, 3.63) is 75.4 Å². The van der Waals surface area contributed by atoms with Gasteiger partial charge in [0.05, 0.1) is 6.04 Å². The predicted octanol–water partition coefficient (Wildman–Crippen LogP) is 4.83. The molecule has 0 saturated heterocycles. The Hall–Kier alpha value is -2.46. The number of fused-ring (bicyclic) bond motifs is 1. The van der Waals surface area contributed by atoms with E-state index in [9.17, 15) is 8.78 Å². The van der Waals surface area contributed by atoms with Crippen LogP contribution >= 0.6 is 0 Å². The van der Waals surface area contributed by atoms with E-state index in [0.717, 1.165) is 30.2 Å². The number of benzene rings is 1. The summed E-state index contributed by atoms with van der Waals surface area (Å²) in [4.78, 5) is 7.27. The fraction of sp³-hybridized carbons (Fsp3) is 0.312. The van der Waals surface area contributed by atoms with Gasteiger partial charge in [0.15, 0.2) is 0 Å². The monoisotopic (exact) mass is 300 g/mol. The first-order valence-corrected chi connectivity index (χ1v) is 7.13. The van der Waals surface area contributed by atoms with Gasteiger partial charge < -0.3 is 0 Å². The molecular formula is C16H14F2N4. The van der Waals surface area contributed by atoms with Crippen LogP contribution in [0.2, 0.25) is 0 Å². The van der Waals surface area contributed by atoms with E-state index in [1.807, 2.05) is 6.07 Å². The highest BCUT2D eigenvalue weighted by Gasteiger charge is 2.29. The number of nitrogens with zero attached hydrogens (tertiary/aromatic N) is 4. The first-order chi connectivity index (χ1) is 10.7. The Balaban J connectivity index is 2.11. The number of aryl methyl sites for hydroxylation is 1. The summed E-state index contributed by atoms with van der Waals surface area (Å²) in [5.74, 6) is -1.50. The van der Waals surface area contributed by atoms with E-state index in [4.69, 9.17) is 5.53 Å². The molecule has 0 bridgehead atoms. The first-order valence-electron chi connectivity index (χ1n) is 7.13. The molecule has 0 N–H and O–H groups in total. The average molecular weight is 300 g/mol. The van der Waals surface area contributed by atoms with Crippen molar-refractivity contribution in [1.29, 1.82) is 0 Å². The Bertz CT molecular complexity index is 720. The molecule has 2 aromatic rings. The van der Waals surface area contributed by atoms with Crippen LogP contribution in [-0.4, -0.2) is 4.98 Å². The molecule has 2 atom stereocenters. The SMILES string of the molecule is [N-]=[N+]=N[C@@H]1c2cccnc2CCC[C@H]1c1cc(F)cc(F)c1. The molecule has 6 heteroatoms. The van der Waals surface area contributed by atoms with Gasteiger partial charge in [0, 0.05) is 22.9 Å². The van der Waals surface area contributed by atoms with Crippen LogP contribution in [0.1, 0.15) is 41.6 Å². The van der Waals surface area contributed by atoms with E-state index in [1.165, 1.54) is 12.1 Å². The summed E-state index contributed by atoms with van der Waals surface area (Å²) in [5.41, 5.74) is 11.1. The maximum absolute atomic E-state index is 13.5. The lowest BCUT2D eigenvalue weighted by Gasteiger charge is -2.23. The standard InChI is InChI=1S/C16H14F2N4/c17-11-7-10(8-12(18)9-11)13-3-1-5-15-14(4-2-6-20-15)16(13)21-22-19/h2,4,6-9,13,16H,1,3,5H2/t13-,16-/m0/s1. The van der Waals surface area contributed by atoms with Crippen molar-refractivity contribution in [1.82, 2.24) is 4.98 Å². The Morgan fingerprint density at radius 2 is 2.00 bits per heavy atom. The quantitative estimate of drug-likeness (QED) is 0.339. The van der Waals surface area contributed by atoms with Crippen LogP contribution in [0.4, 0.5) is 8.78 Å². The second kappa shape index (κ2) is 6.12. The normalized spacial score (nSPS) is 20.6. The third kappa shape index (κ3) is 2.78. The second-order valence-electron chi connectivity index (χ2n) is 5.39. The van der Waals surface area contributed by atoms with Gasteiger partial charge in [0.25, 0.3) is 0 Å². The van der Waals surface area contributed by atoms with Crippen LogP contribution in [0, 0.1) is 11.6 Å². The summed E-state index contributed by atoms with van der Waals surface area (Å²) in [5, 5.41) is 3.90. The Labute approximate surface area is 126 Å². The predicted molar refractivity (Wildman–Crippen MR) is 78.2 cm³/mol. The molecule has 112 valence electrons. The molecule has 0 fully saturated rings. The third-order valence-corrected chi connectivity index (χ3v) is 4.04. The molecule has 0 amide bonds. The summed E-state index contributed by atoms with van der Waals surface area (Å²) in [6.07, 6.45) is 3.98. The topological polar surface area (TPSA) is 61.7 Å². The van der Waals surface area contributed by atoms with Crippen LogP contribution in [-0.2, 0) is 6.42 Å². The van der Waals surface area contributed by atoms with Crippen LogP contribution in [0.25, 0.3) is 10.4 Å². The van der Waals surface area contributed by atoms with Crippen molar-refractivity contribution in [2.75, 3.05) is 0 Å². The van der Waals surface area contributed by atoms with Crippen molar-refractivity contribution in [2.45, 2.75) is 31.2 Å². The molecule has 4 nitrogen and oxygen atoms in total. The van der Waals surface area contributed by atoms with Gasteiger partial charge in [-0.25, -0.2) is 8.78 Å². The van der Waals surface area contributed by atoms with Crippen LogP contribution in [0.5, 0.6) is 0 Å². The minimum absolute atomic E-state index is 0.258. The number of aromatic nitrogens is 1. The molecule has 1 aromatic carbocycles. The van der Waals surface area contributed by atoms with E-state index in [1.54, 1.807) is 12.3 Å². The van der Waals surface area contributed by atoms with Gasteiger partial charge in [-0.2, -0.15) is 0 Å². The summed E-state index contributed by atoms with van der Waals surface area (Å²) in [6.45, 7) is 0. The van der Waals surface area contributed by atoms with Crippen molar-refractivity contribution >= 4 is 0 Å². The zero-order valence-electron chi connectivity index (χ0n) is 11.8. The molecule has 22 heavy (non-hydrogen) atoms. The number of azide groups is 1. The molecule has 0 saturated carbocycles. The molecule has 0 aliphatic heterocycles. The fourth-order valence-electron chi connectivity index (χ4n) is 3.13. The van der Waals surface area contributed by atoms with Gasteiger partial charge in [0.2, 0.25) is 0 Å². The summed E-state index contributed by atoms with van der Waals surface area (Å²) in [6, 6.07) is 6.63. The molecule has 0 unspecified atom stereocenters. The zero-order valence-corrected chi connectivity index (χ0v) is 11.8. The minimum Gasteiger partial charge on any atom is -0.261 e. The highest BCUT2D eigenvalue weighted by molar-refractivity contribution is 5.33. The van der Waals surface area contributed by atoms with E-state index in [2.05, 4.69) is 15.0 Å². The maximum atomic E-state index is 13.5. The Kier molecular flexibility index (Phi) is 4.02. The number of hydrogen-bond donors (Lipinski definition) is 0. The Morgan fingerprint density at radius 1 is 1.23 bits per heavy atom. The first kappa shape index (κ1) is 14.5. The van der Waals surface area contributed by atoms with Gasteiger partial charge in [-0.1, -0.05) is 11.2 Å². The second-order valence-corrected chi connectivity index (χ2v) is 5.39. The van der Waals surface area contributed by atoms with E-state index >= 15 is 0 Å². The van der Waals surface area contributed by atoms with Crippen molar-refractivity contribution < 1.29 is 8.78 Å². The fourth-order valence-corrected chi connectivity index (χ4v) is 3.13. The summed E-state index contributed by atoms with van der Waals surface area (Å²) < 4.78 is 27.1. The summed E-state index contributed by atoms with van der Waals surface area (Å²) >= 11 is 0. The highest BCUT2D eigenvalue weighted by Crippen LogP contribution is 2.42. The zero-order chi connectivity index (χ0) is 15.5. The number of pyridine rings is 1. The number of hydrogen-bond acceptors (Lipinski definition) is 2. The van der Waals surface area contributed by atoms with Gasteiger partial charge in [-0.05, 0) is 60.0 Å². The molecule has 0 radical (unpaired) electrons. The van der Waals surface area contributed by atoms with E-state index in [0.29, 0.717) is 12.0 Å². The number of rotatable bonds is 2. The Morgan fingerprint density at radius 3 is 2.73 bits per heavy atom. The van der Waals surface area contributed by atoms with Gasteiger partial charge in [-0.3, -0.25) is 4.98 Å². The van der Waals surface area contributed by atoms with Gasteiger partial charge >= 0.3 is 0 Å². The van der Waals surface area contributed by atoms with Crippen molar-refractivity contribution in [3.63, 3.8) is 0 Å². The lowest BCUT2D eigenvalue weighted by Crippen LogP contribution is -2.10. The van der Waals surface area contributed by atoms with Crippen LogP contribution in [0.3, 0.4) is 0 Å². The lowest BCUT2D eigenvalue weighted by molar-refractivity contribution is 0.506. The molecule has 3 rings (SSSR count). The molecule has 1 aromatic heterocycles. The number of halogens is 2. The molecule has 0 spiro atoms. The third-order valence-electron chi connectivity index (χ3n) is 4.04. The molecular weight excluding hydrogens is 286 g/mol. The highest BCUT2D eigenvalue weighted by atomic mass is 19.1. The smallest absolute Gasteiger partial charge is 0.126 e. The van der Waals surface area contributed by atoms with Gasteiger partial charge in [-0.15, -0.1) is 0 Å². The minimum atomic E-state index is -0.620.